The lowest BCUT2D eigenvalue weighted by molar-refractivity contribution is -0.112. The molecule has 8 heteroatoms. The summed E-state index contributed by atoms with van der Waals surface area (Å²) in [4.78, 5) is 23.7. The van der Waals surface area contributed by atoms with Crippen molar-refractivity contribution in [3.05, 3.63) is 93.5 Å². The van der Waals surface area contributed by atoms with E-state index in [1.165, 1.54) is 37.5 Å². The predicted molar refractivity (Wildman–Crippen MR) is 129 cm³/mol. The third-order valence-corrected chi connectivity index (χ3v) is 5.08. The van der Waals surface area contributed by atoms with Crippen molar-refractivity contribution in [1.29, 1.82) is 5.26 Å². The quantitative estimate of drug-likeness (QED) is 0.329. The molecule has 3 aromatic rings. The van der Waals surface area contributed by atoms with Gasteiger partial charge in [-0.2, -0.15) is 5.26 Å². The van der Waals surface area contributed by atoms with Crippen molar-refractivity contribution in [2.24, 2.45) is 0 Å². The molecule has 34 heavy (non-hydrogen) atoms. The number of benzene rings is 3. The summed E-state index contributed by atoms with van der Waals surface area (Å²) in [6.07, 6.45) is 1.36. The number of nitrogens with zero attached hydrogens (tertiary/aromatic N) is 1. The Bertz CT molecular complexity index is 1290. The molecule has 0 aromatic heterocycles. The monoisotopic (exact) mass is 476 g/mol. The first-order valence-corrected chi connectivity index (χ1v) is 10.5. The van der Waals surface area contributed by atoms with Gasteiger partial charge in [-0.3, -0.25) is 4.79 Å². The van der Waals surface area contributed by atoms with Crippen LogP contribution in [-0.4, -0.2) is 24.1 Å². The van der Waals surface area contributed by atoms with Gasteiger partial charge in [-0.15, -0.1) is 0 Å². The lowest BCUT2D eigenvalue weighted by Crippen LogP contribution is -2.14. The molecule has 0 fully saturated rings. The van der Waals surface area contributed by atoms with Crippen molar-refractivity contribution < 1.29 is 24.2 Å². The lowest BCUT2D eigenvalue weighted by atomic mass is 10.1. The standard InChI is InChI=1S/C26H21ClN2O5/c1-16-6-8-17(9-7-16)15-34-24-22(27)11-18(12-23(24)33-2)10-20(14-28)25(30)29-21-5-3-4-19(13-21)26(31)32/h3-13H,15H2,1-2H3,(H,29,30)(H,31,32)/b20-10-. The van der Waals surface area contributed by atoms with E-state index in [4.69, 9.17) is 26.2 Å². The number of rotatable bonds is 8. The van der Waals surface area contributed by atoms with Crippen LogP contribution in [0, 0.1) is 18.3 Å². The number of carboxylic acid groups (broad SMARTS) is 1. The Morgan fingerprint density at radius 3 is 2.53 bits per heavy atom. The number of halogens is 1. The van der Waals surface area contributed by atoms with Gasteiger partial charge in [0.25, 0.3) is 5.91 Å². The Hall–Kier alpha value is -4.28. The molecule has 0 radical (unpaired) electrons. The number of anilines is 1. The molecular formula is C26H21ClN2O5. The zero-order chi connectivity index (χ0) is 24.7. The normalized spacial score (nSPS) is 10.8. The molecule has 7 nitrogen and oxygen atoms in total. The van der Waals surface area contributed by atoms with Crippen LogP contribution in [0.2, 0.25) is 5.02 Å². The fourth-order valence-corrected chi connectivity index (χ4v) is 3.32. The number of aryl methyl sites for hydroxylation is 1. The summed E-state index contributed by atoms with van der Waals surface area (Å²) in [5.74, 6) is -1.13. The fourth-order valence-electron chi connectivity index (χ4n) is 3.05. The highest BCUT2D eigenvalue weighted by Crippen LogP contribution is 2.37. The van der Waals surface area contributed by atoms with Crippen molar-refractivity contribution in [2.75, 3.05) is 12.4 Å². The summed E-state index contributed by atoms with van der Waals surface area (Å²) in [6, 6.07) is 18.6. The van der Waals surface area contributed by atoms with Crippen molar-refractivity contribution in [3.8, 4) is 17.6 Å². The number of ether oxygens (including phenoxy) is 2. The number of nitrogens with one attached hydrogen (secondary N) is 1. The van der Waals surface area contributed by atoms with Crippen molar-refractivity contribution in [1.82, 2.24) is 0 Å². The minimum atomic E-state index is -1.13. The van der Waals surface area contributed by atoms with Gasteiger partial charge in [-0.1, -0.05) is 47.5 Å². The van der Waals surface area contributed by atoms with Gasteiger partial charge in [0.1, 0.15) is 18.2 Å². The highest BCUT2D eigenvalue weighted by Gasteiger charge is 2.15. The predicted octanol–water partition coefficient (Wildman–Crippen LogP) is 5.48. The van der Waals surface area contributed by atoms with E-state index in [0.29, 0.717) is 17.1 Å². The minimum Gasteiger partial charge on any atom is -0.493 e. The highest BCUT2D eigenvalue weighted by molar-refractivity contribution is 6.32. The van der Waals surface area contributed by atoms with E-state index in [0.717, 1.165) is 11.1 Å². The number of methoxy groups -OCH3 is 1. The second-order valence-corrected chi connectivity index (χ2v) is 7.73. The molecule has 172 valence electrons. The summed E-state index contributed by atoms with van der Waals surface area (Å²) < 4.78 is 11.3. The van der Waals surface area contributed by atoms with Crippen LogP contribution >= 0.6 is 11.6 Å². The smallest absolute Gasteiger partial charge is 0.335 e. The van der Waals surface area contributed by atoms with Gasteiger partial charge < -0.3 is 19.9 Å². The zero-order valence-corrected chi connectivity index (χ0v) is 19.2. The maximum absolute atomic E-state index is 12.6. The van der Waals surface area contributed by atoms with Gasteiger partial charge >= 0.3 is 5.97 Å². The summed E-state index contributed by atoms with van der Waals surface area (Å²) in [5, 5.41) is 21.4. The molecule has 3 rings (SSSR count). The van der Waals surface area contributed by atoms with Gasteiger partial charge in [-0.05, 0) is 54.5 Å². The number of aromatic carboxylic acids is 1. The SMILES string of the molecule is COc1cc(/C=C(/C#N)C(=O)Nc2cccc(C(=O)O)c2)cc(Cl)c1OCc1ccc(C)cc1. The summed E-state index contributed by atoms with van der Waals surface area (Å²) >= 11 is 6.41. The van der Waals surface area contributed by atoms with Crippen molar-refractivity contribution >= 4 is 35.2 Å². The van der Waals surface area contributed by atoms with Crippen LogP contribution in [0.3, 0.4) is 0 Å². The van der Waals surface area contributed by atoms with E-state index in [2.05, 4.69) is 5.32 Å². The van der Waals surface area contributed by atoms with Gasteiger partial charge in [0.05, 0.1) is 17.7 Å². The van der Waals surface area contributed by atoms with Gasteiger partial charge in [0.2, 0.25) is 0 Å². The number of hydrogen-bond acceptors (Lipinski definition) is 5. The second kappa shape index (κ2) is 11.0. The second-order valence-electron chi connectivity index (χ2n) is 7.32. The number of nitriles is 1. The van der Waals surface area contributed by atoms with E-state index in [9.17, 15) is 14.9 Å². The summed E-state index contributed by atoms with van der Waals surface area (Å²) in [7, 11) is 1.46. The van der Waals surface area contributed by atoms with E-state index in [1.54, 1.807) is 12.1 Å². The first kappa shape index (κ1) is 24.4. The molecular weight excluding hydrogens is 456 g/mol. The average molecular weight is 477 g/mol. The molecule has 1 amide bonds. The van der Waals surface area contributed by atoms with E-state index >= 15 is 0 Å². The molecule has 0 aliphatic carbocycles. The van der Waals surface area contributed by atoms with Crippen LogP contribution in [0.1, 0.15) is 27.0 Å². The van der Waals surface area contributed by atoms with Crippen LogP contribution < -0.4 is 14.8 Å². The summed E-state index contributed by atoms with van der Waals surface area (Å²) in [6.45, 7) is 2.28. The molecule has 0 aliphatic rings. The Morgan fingerprint density at radius 2 is 1.88 bits per heavy atom. The Morgan fingerprint density at radius 1 is 1.15 bits per heavy atom. The molecule has 0 atom stereocenters. The zero-order valence-electron chi connectivity index (χ0n) is 18.5. The number of carbonyl (C=O) groups is 2. The largest absolute Gasteiger partial charge is 0.493 e. The minimum absolute atomic E-state index is 0.0121. The Kier molecular flexibility index (Phi) is 7.91. The Balaban J connectivity index is 1.81. The highest BCUT2D eigenvalue weighted by atomic mass is 35.5. The van der Waals surface area contributed by atoms with Crippen molar-refractivity contribution in [2.45, 2.75) is 13.5 Å². The molecule has 0 unspecified atom stereocenters. The van der Waals surface area contributed by atoms with E-state index in [-0.39, 0.29) is 28.5 Å². The van der Waals surface area contributed by atoms with Gasteiger partial charge in [0, 0.05) is 5.69 Å². The topological polar surface area (TPSA) is 109 Å². The molecule has 0 spiro atoms. The average Bonchev–Trinajstić information content (AvgIpc) is 2.82. The maximum atomic E-state index is 12.6. The van der Waals surface area contributed by atoms with Crippen LogP contribution in [0.25, 0.3) is 6.08 Å². The van der Waals surface area contributed by atoms with Crippen molar-refractivity contribution in [3.63, 3.8) is 0 Å². The van der Waals surface area contributed by atoms with Crippen LogP contribution in [0.15, 0.2) is 66.2 Å². The lowest BCUT2D eigenvalue weighted by Gasteiger charge is -2.14. The summed E-state index contributed by atoms with van der Waals surface area (Å²) in [5.41, 5.74) is 2.62. The molecule has 0 saturated carbocycles. The molecule has 2 N–H and O–H groups in total. The Labute approximate surface area is 201 Å². The number of carbonyl (C=O) groups excluding carboxylic acids is 1. The molecule has 0 aliphatic heterocycles. The maximum Gasteiger partial charge on any atom is 0.335 e. The number of amides is 1. The van der Waals surface area contributed by atoms with Crippen LogP contribution in [-0.2, 0) is 11.4 Å². The molecule has 3 aromatic carbocycles. The molecule has 0 saturated heterocycles. The molecule has 0 bridgehead atoms. The first-order chi connectivity index (χ1) is 16.3. The number of hydrogen-bond donors (Lipinski definition) is 2. The van der Waals surface area contributed by atoms with E-state index < -0.39 is 11.9 Å². The van der Waals surface area contributed by atoms with E-state index in [1.807, 2.05) is 37.3 Å². The third-order valence-electron chi connectivity index (χ3n) is 4.80. The van der Waals surface area contributed by atoms with Crippen LogP contribution in [0.4, 0.5) is 5.69 Å². The fraction of sp³-hybridized carbons (Fsp3) is 0.115. The van der Waals surface area contributed by atoms with Gasteiger partial charge in [0.15, 0.2) is 11.5 Å². The number of carboxylic acids is 1. The third kappa shape index (κ3) is 6.15. The van der Waals surface area contributed by atoms with Gasteiger partial charge in [-0.25, -0.2) is 4.79 Å². The molecule has 0 heterocycles. The van der Waals surface area contributed by atoms with Crippen LogP contribution in [0.5, 0.6) is 11.5 Å². The first-order valence-electron chi connectivity index (χ1n) is 10.1.